The highest BCUT2D eigenvalue weighted by Crippen LogP contribution is 2.52. The lowest BCUT2D eigenvalue weighted by Gasteiger charge is -2.44. The molecule has 19 heavy (non-hydrogen) atoms. The molecule has 1 aromatic carbocycles. The van der Waals surface area contributed by atoms with E-state index in [-0.39, 0.29) is 0 Å². The van der Waals surface area contributed by atoms with Gasteiger partial charge in [-0.15, -0.1) is 0 Å². The van der Waals surface area contributed by atoms with E-state index < -0.39 is 0 Å². The third-order valence-electron chi connectivity index (χ3n) is 5.37. The standard InChI is InChI=1S/C16H19NO2/c1-2-12-14-13(3-1)16-11(5-7-19-16)9-17(14)8-10-4-6-18-15(10)12/h1-3,10-11,15-16H,4-9H2/t10-,11-,15-,16-/m1/s1. The molecule has 2 fully saturated rings. The van der Waals surface area contributed by atoms with Crippen LogP contribution in [-0.4, -0.2) is 26.3 Å². The maximum Gasteiger partial charge on any atom is 0.0890 e. The van der Waals surface area contributed by atoms with Crippen LogP contribution in [0.3, 0.4) is 0 Å². The molecular formula is C16H19NO2. The summed E-state index contributed by atoms with van der Waals surface area (Å²) < 4.78 is 12.0. The van der Waals surface area contributed by atoms with Crippen molar-refractivity contribution in [3.05, 3.63) is 29.3 Å². The Morgan fingerprint density at radius 2 is 1.47 bits per heavy atom. The van der Waals surface area contributed by atoms with E-state index in [4.69, 9.17) is 9.47 Å². The fourth-order valence-electron chi connectivity index (χ4n) is 4.56. The number of benzene rings is 1. The molecule has 100 valence electrons. The highest BCUT2D eigenvalue weighted by atomic mass is 16.5. The summed E-state index contributed by atoms with van der Waals surface area (Å²) in [5.74, 6) is 1.39. The van der Waals surface area contributed by atoms with E-state index in [0.717, 1.165) is 13.2 Å². The van der Waals surface area contributed by atoms with Gasteiger partial charge in [-0.2, -0.15) is 0 Å². The van der Waals surface area contributed by atoms with Gasteiger partial charge >= 0.3 is 0 Å². The van der Waals surface area contributed by atoms with Gasteiger partial charge in [-0.1, -0.05) is 18.2 Å². The summed E-state index contributed by atoms with van der Waals surface area (Å²) in [4.78, 5) is 2.62. The Labute approximate surface area is 113 Å². The largest absolute Gasteiger partial charge is 0.373 e. The number of fused-ring (bicyclic) bond motifs is 4. The van der Waals surface area contributed by atoms with Crippen molar-refractivity contribution in [2.24, 2.45) is 11.8 Å². The maximum atomic E-state index is 6.00. The van der Waals surface area contributed by atoms with Gasteiger partial charge in [0.1, 0.15) is 0 Å². The van der Waals surface area contributed by atoms with Crippen molar-refractivity contribution in [2.75, 3.05) is 31.2 Å². The molecule has 0 unspecified atom stereocenters. The Morgan fingerprint density at radius 3 is 2.05 bits per heavy atom. The van der Waals surface area contributed by atoms with E-state index in [1.54, 1.807) is 0 Å². The van der Waals surface area contributed by atoms with Gasteiger partial charge in [0.05, 0.1) is 12.2 Å². The number of nitrogens with zero attached hydrogens (tertiary/aromatic N) is 1. The molecule has 4 aliphatic rings. The molecule has 0 spiro atoms. The summed E-state index contributed by atoms with van der Waals surface area (Å²) >= 11 is 0. The van der Waals surface area contributed by atoms with E-state index in [1.165, 1.54) is 42.7 Å². The summed E-state index contributed by atoms with van der Waals surface area (Å²) in [6.45, 7) is 4.21. The molecule has 4 heterocycles. The molecule has 3 nitrogen and oxygen atoms in total. The SMILES string of the molecule is c1cc2c3c(c1)[C@@H]1OCC[C@@H]1CN3C[C@H]1CCO[C@@H]21. The number of ether oxygens (including phenoxy) is 2. The zero-order valence-corrected chi connectivity index (χ0v) is 11.0. The molecule has 0 N–H and O–H groups in total. The number of anilines is 1. The van der Waals surface area contributed by atoms with Gasteiger partial charge in [-0.25, -0.2) is 0 Å². The van der Waals surface area contributed by atoms with E-state index >= 15 is 0 Å². The number of hydrogen-bond acceptors (Lipinski definition) is 3. The Morgan fingerprint density at radius 1 is 0.895 bits per heavy atom. The van der Waals surface area contributed by atoms with Crippen molar-refractivity contribution in [3.8, 4) is 0 Å². The van der Waals surface area contributed by atoms with Gasteiger partial charge in [0.2, 0.25) is 0 Å². The normalized spacial score (nSPS) is 38.8. The van der Waals surface area contributed by atoms with Gasteiger partial charge in [0.25, 0.3) is 0 Å². The molecule has 4 atom stereocenters. The first kappa shape index (κ1) is 10.7. The zero-order valence-electron chi connectivity index (χ0n) is 11.0. The predicted octanol–water partition coefficient (Wildman–Crippen LogP) is 2.68. The third kappa shape index (κ3) is 1.35. The van der Waals surface area contributed by atoms with Crippen LogP contribution in [0, 0.1) is 11.8 Å². The average Bonchev–Trinajstić information content (AvgIpc) is 3.07. The second kappa shape index (κ2) is 3.74. The van der Waals surface area contributed by atoms with Crippen molar-refractivity contribution >= 4 is 5.69 Å². The molecule has 5 rings (SSSR count). The van der Waals surface area contributed by atoms with Crippen LogP contribution in [-0.2, 0) is 9.47 Å². The summed E-state index contributed by atoms with van der Waals surface area (Å²) in [6.07, 6.45) is 3.11. The first-order chi connectivity index (χ1) is 9.42. The third-order valence-corrected chi connectivity index (χ3v) is 5.37. The molecule has 0 aromatic heterocycles. The van der Waals surface area contributed by atoms with Gasteiger partial charge < -0.3 is 14.4 Å². The van der Waals surface area contributed by atoms with Crippen LogP contribution >= 0.6 is 0 Å². The topological polar surface area (TPSA) is 21.7 Å². The van der Waals surface area contributed by atoms with Crippen molar-refractivity contribution in [1.29, 1.82) is 0 Å². The Bertz CT molecular complexity index is 487. The van der Waals surface area contributed by atoms with Crippen LogP contribution in [0.4, 0.5) is 5.69 Å². The van der Waals surface area contributed by atoms with Crippen LogP contribution in [0.15, 0.2) is 18.2 Å². The molecule has 0 saturated carbocycles. The lowest BCUT2D eigenvalue weighted by Crippen LogP contribution is -2.43. The second-order valence-electron chi connectivity index (χ2n) is 6.37. The molecule has 0 bridgehead atoms. The lowest BCUT2D eigenvalue weighted by molar-refractivity contribution is 0.0754. The fraction of sp³-hybridized carbons (Fsp3) is 0.625. The van der Waals surface area contributed by atoms with Crippen LogP contribution in [0.25, 0.3) is 0 Å². The van der Waals surface area contributed by atoms with Gasteiger partial charge in [0.15, 0.2) is 0 Å². The van der Waals surface area contributed by atoms with Gasteiger partial charge in [-0.3, -0.25) is 0 Å². The summed E-state index contributed by atoms with van der Waals surface area (Å²) in [5.41, 5.74) is 4.27. The molecule has 2 saturated heterocycles. The fourth-order valence-corrected chi connectivity index (χ4v) is 4.56. The quantitative estimate of drug-likeness (QED) is 0.713. The molecule has 1 aromatic rings. The van der Waals surface area contributed by atoms with Crippen LogP contribution in [0.1, 0.15) is 36.2 Å². The van der Waals surface area contributed by atoms with E-state index in [9.17, 15) is 0 Å². The molecule has 3 heteroatoms. The first-order valence-electron chi connectivity index (χ1n) is 7.53. The number of para-hydroxylation sites is 1. The van der Waals surface area contributed by atoms with Crippen molar-refractivity contribution in [1.82, 2.24) is 0 Å². The van der Waals surface area contributed by atoms with Crippen LogP contribution in [0.5, 0.6) is 0 Å². The number of hydrogen-bond donors (Lipinski definition) is 0. The maximum absolute atomic E-state index is 6.00. The minimum absolute atomic E-state index is 0.337. The first-order valence-corrected chi connectivity index (χ1v) is 7.53. The highest BCUT2D eigenvalue weighted by Gasteiger charge is 2.45. The van der Waals surface area contributed by atoms with Crippen molar-refractivity contribution < 1.29 is 9.47 Å². The van der Waals surface area contributed by atoms with Crippen LogP contribution in [0.2, 0.25) is 0 Å². The van der Waals surface area contributed by atoms with Gasteiger partial charge in [-0.05, 0) is 12.8 Å². The van der Waals surface area contributed by atoms with E-state index in [0.29, 0.717) is 24.0 Å². The Kier molecular flexibility index (Phi) is 2.10. The van der Waals surface area contributed by atoms with Crippen molar-refractivity contribution in [2.45, 2.75) is 25.0 Å². The number of rotatable bonds is 0. The summed E-state index contributed by atoms with van der Waals surface area (Å²) in [7, 11) is 0. The van der Waals surface area contributed by atoms with Crippen LogP contribution < -0.4 is 4.90 Å². The monoisotopic (exact) mass is 257 g/mol. The molecule has 0 radical (unpaired) electrons. The Balaban J connectivity index is 1.70. The van der Waals surface area contributed by atoms with Gasteiger partial charge in [0, 0.05) is 55.0 Å². The minimum Gasteiger partial charge on any atom is -0.373 e. The average molecular weight is 257 g/mol. The molecule has 4 aliphatic heterocycles. The lowest BCUT2D eigenvalue weighted by atomic mass is 9.81. The Hall–Kier alpha value is -1.06. The second-order valence-corrected chi connectivity index (χ2v) is 6.37. The summed E-state index contributed by atoms with van der Waals surface area (Å²) in [6, 6.07) is 6.73. The zero-order chi connectivity index (χ0) is 12.4. The van der Waals surface area contributed by atoms with E-state index in [1.807, 2.05) is 0 Å². The predicted molar refractivity (Wildman–Crippen MR) is 72.3 cm³/mol. The van der Waals surface area contributed by atoms with E-state index in [2.05, 4.69) is 23.1 Å². The smallest absolute Gasteiger partial charge is 0.0890 e. The minimum atomic E-state index is 0.337. The molecular weight excluding hydrogens is 238 g/mol. The van der Waals surface area contributed by atoms with Crippen molar-refractivity contribution in [3.63, 3.8) is 0 Å². The molecule has 0 amide bonds. The summed E-state index contributed by atoms with van der Waals surface area (Å²) in [5, 5.41) is 0. The highest BCUT2D eigenvalue weighted by molar-refractivity contribution is 5.65. The molecule has 0 aliphatic carbocycles.